The summed E-state index contributed by atoms with van der Waals surface area (Å²) in [5.41, 5.74) is 0.216. The van der Waals surface area contributed by atoms with Gasteiger partial charge < -0.3 is 9.15 Å². The minimum absolute atomic E-state index is 0.343. The van der Waals surface area contributed by atoms with Gasteiger partial charge in [-0.25, -0.2) is 4.79 Å². The van der Waals surface area contributed by atoms with Crippen LogP contribution in [0.15, 0.2) is 51.7 Å². The molecule has 100 valence electrons. The molecule has 0 amide bonds. The van der Waals surface area contributed by atoms with Gasteiger partial charge in [-0.3, -0.25) is 0 Å². The van der Waals surface area contributed by atoms with Crippen molar-refractivity contribution in [1.29, 1.82) is 0 Å². The molecule has 0 aliphatic carbocycles. The van der Waals surface area contributed by atoms with Gasteiger partial charge in [-0.05, 0) is 31.0 Å². The fourth-order valence-electron chi connectivity index (χ4n) is 1.70. The van der Waals surface area contributed by atoms with E-state index in [0.29, 0.717) is 12.2 Å². The molecular weight excluding hydrogens is 308 g/mol. The van der Waals surface area contributed by atoms with Crippen LogP contribution < -0.4 is 10.4 Å². The molecule has 0 aliphatic heterocycles. The highest BCUT2D eigenvalue weighted by Gasteiger charge is 2.00. The maximum atomic E-state index is 11.1. The van der Waals surface area contributed by atoms with E-state index >= 15 is 0 Å². The number of benzene rings is 1. The second-order valence-corrected chi connectivity index (χ2v) is 4.72. The Labute approximate surface area is 120 Å². The molecule has 0 radical (unpaired) electrons. The van der Waals surface area contributed by atoms with Crippen molar-refractivity contribution in [3.05, 3.63) is 52.9 Å². The molecule has 0 N–H and O–H groups in total. The van der Waals surface area contributed by atoms with Gasteiger partial charge in [-0.15, -0.1) is 0 Å². The molecule has 0 unspecified atom stereocenters. The number of rotatable bonds is 6. The summed E-state index contributed by atoms with van der Waals surface area (Å²) in [7, 11) is 0. The van der Waals surface area contributed by atoms with Crippen molar-refractivity contribution in [2.75, 3.05) is 11.9 Å². The third-order valence-corrected chi connectivity index (χ3v) is 3.01. The summed E-state index contributed by atoms with van der Waals surface area (Å²) in [5, 5.41) is 1.78. The quantitative estimate of drug-likeness (QED) is 0.350. The molecule has 0 saturated heterocycles. The molecule has 2 rings (SSSR count). The predicted molar refractivity (Wildman–Crippen MR) is 80.1 cm³/mol. The van der Waals surface area contributed by atoms with E-state index < -0.39 is 0 Å². The predicted octanol–water partition coefficient (Wildman–Crippen LogP) is 3.90. The lowest BCUT2D eigenvalue weighted by Gasteiger charge is -2.05. The lowest BCUT2D eigenvalue weighted by atomic mass is 10.2. The molecule has 3 nitrogen and oxygen atoms in total. The monoisotopic (exact) mass is 322 g/mol. The molecule has 4 heteroatoms. The van der Waals surface area contributed by atoms with Crippen LogP contribution in [0.25, 0.3) is 11.0 Å². The number of hydrogen-bond donors (Lipinski definition) is 0. The fourth-order valence-corrected chi connectivity index (χ4v) is 1.97. The van der Waals surface area contributed by atoms with Crippen molar-refractivity contribution in [2.24, 2.45) is 0 Å². The highest BCUT2D eigenvalue weighted by atomic mass is 79.9. The fraction of sp³-hybridized carbons (Fsp3) is 0.267. The molecule has 0 saturated carbocycles. The third-order valence-electron chi connectivity index (χ3n) is 2.63. The highest BCUT2D eigenvalue weighted by molar-refractivity contribution is 9.09. The first-order valence-corrected chi connectivity index (χ1v) is 7.29. The zero-order chi connectivity index (χ0) is 13.5. The van der Waals surface area contributed by atoms with E-state index in [1.807, 2.05) is 12.1 Å². The summed E-state index contributed by atoms with van der Waals surface area (Å²) in [5.74, 6) is 0.728. The molecule has 19 heavy (non-hydrogen) atoms. The summed E-state index contributed by atoms with van der Waals surface area (Å²) in [6.07, 6.45) is 6.15. The average molecular weight is 323 g/mol. The van der Waals surface area contributed by atoms with Crippen LogP contribution >= 0.6 is 15.9 Å². The lowest BCUT2D eigenvalue weighted by molar-refractivity contribution is 0.312. The molecule has 0 atom stereocenters. The Hall–Kier alpha value is -1.55. The van der Waals surface area contributed by atoms with Crippen molar-refractivity contribution in [3.63, 3.8) is 0 Å². The number of halogens is 1. The Balaban J connectivity index is 1.94. The van der Waals surface area contributed by atoms with E-state index in [2.05, 4.69) is 28.1 Å². The van der Waals surface area contributed by atoms with Gasteiger partial charge in [0.05, 0.1) is 6.61 Å². The zero-order valence-corrected chi connectivity index (χ0v) is 12.1. The van der Waals surface area contributed by atoms with E-state index in [1.54, 1.807) is 12.1 Å². The maximum absolute atomic E-state index is 11.1. The van der Waals surface area contributed by atoms with Gasteiger partial charge in [0.25, 0.3) is 0 Å². The van der Waals surface area contributed by atoms with Gasteiger partial charge >= 0.3 is 5.63 Å². The minimum atomic E-state index is -0.343. The summed E-state index contributed by atoms with van der Waals surface area (Å²) in [6.45, 7) is 0.648. The standard InChI is InChI=1S/C15H15BrO3/c16-9-3-1-2-4-10-18-13-7-5-12-6-8-15(17)19-14(12)11-13/h1,3,5-8,11H,2,4,9-10H2/b3-1+. The van der Waals surface area contributed by atoms with Gasteiger partial charge in [0.2, 0.25) is 0 Å². The second kappa shape index (κ2) is 7.14. The molecular formula is C15H15BrO3. The third kappa shape index (κ3) is 4.24. The van der Waals surface area contributed by atoms with Crippen molar-refractivity contribution in [2.45, 2.75) is 12.8 Å². The van der Waals surface area contributed by atoms with Crippen LogP contribution in [0, 0.1) is 0 Å². The number of fused-ring (bicyclic) bond motifs is 1. The first-order chi connectivity index (χ1) is 9.29. The Morgan fingerprint density at radius 3 is 2.89 bits per heavy atom. The Morgan fingerprint density at radius 2 is 2.05 bits per heavy atom. The molecule has 2 aromatic rings. The molecule has 0 aliphatic rings. The molecule has 0 spiro atoms. The van der Waals surface area contributed by atoms with Crippen molar-refractivity contribution in [3.8, 4) is 5.75 Å². The van der Waals surface area contributed by atoms with Crippen LogP contribution in [-0.2, 0) is 0 Å². The first kappa shape index (κ1) is 13.9. The Kier molecular flexibility index (Phi) is 5.21. The average Bonchev–Trinajstić information content (AvgIpc) is 2.42. The Morgan fingerprint density at radius 1 is 1.21 bits per heavy atom. The van der Waals surface area contributed by atoms with Crippen molar-refractivity contribution >= 4 is 26.9 Å². The molecule has 1 aromatic carbocycles. The SMILES string of the molecule is O=c1ccc2ccc(OCCC/C=C/CBr)cc2o1. The summed E-state index contributed by atoms with van der Waals surface area (Å²) in [4.78, 5) is 11.1. The van der Waals surface area contributed by atoms with E-state index in [4.69, 9.17) is 9.15 Å². The minimum Gasteiger partial charge on any atom is -0.493 e. The molecule has 0 bridgehead atoms. The summed E-state index contributed by atoms with van der Waals surface area (Å²) in [6, 6.07) is 8.69. The maximum Gasteiger partial charge on any atom is 0.336 e. The van der Waals surface area contributed by atoms with Crippen LogP contribution in [0.1, 0.15) is 12.8 Å². The van der Waals surface area contributed by atoms with E-state index in [1.165, 1.54) is 6.07 Å². The number of hydrogen-bond acceptors (Lipinski definition) is 3. The van der Waals surface area contributed by atoms with E-state index in [0.717, 1.165) is 29.3 Å². The largest absolute Gasteiger partial charge is 0.493 e. The summed E-state index contributed by atoms with van der Waals surface area (Å²) < 4.78 is 10.7. The van der Waals surface area contributed by atoms with Crippen LogP contribution in [0.5, 0.6) is 5.75 Å². The number of ether oxygens (including phenoxy) is 1. The van der Waals surface area contributed by atoms with Gasteiger partial charge in [0, 0.05) is 22.8 Å². The van der Waals surface area contributed by atoms with E-state index in [-0.39, 0.29) is 5.63 Å². The number of unbranched alkanes of at least 4 members (excludes halogenated alkanes) is 1. The zero-order valence-electron chi connectivity index (χ0n) is 10.5. The molecule has 1 heterocycles. The Bertz CT molecular complexity index is 616. The van der Waals surface area contributed by atoms with Crippen LogP contribution in [-0.4, -0.2) is 11.9 Å². The topological polar surface area (TPSA) is 39.4 Å². The lowest BCUT2D eigenvalue weighted by Crippen LogP contribution is -1.98. The van der Waals surface area contributed by atoms with Gasteiger partial charge in [-0.1, -0.05) is 28.1 Å². The molecule has 1 aromatic heterocycles. The van der Waals surface area contributed by atoms with Crippen molar-refractivity contribution in [1.82, 2.24) is 0 Å². The van der Waals surface area contributed by atoms with Crippen LogP contribution in [0.4, 0.5) is 0 Å². The van der Waals surface area contributed by atoms with Crippen LogP contribution in [0.2, 0.25) is 0 Å². The van der Waals surface area contributed by atoms with Crippen LogP contribution in [0.3, 0.4) is 0 Å². The normalized spacial score (nSPS) is 11.2. The summed E-state index contributed by atoms with van der Waals surface area (Å²) >= 11 is 3.33. The second-order valence-electron chi connectivity index (χ2n) is 4.07. The first-order valence-electron chi connectivity index (χ1n) is 6.17. The smallest absolute Gasteiger partial charge is 0.336 e. The van der Waals surface area contributed by atoms with Gasteiger partial charge in [-0.2, -0.15) is 0 Å². The molecule has 0 fully saturated rings. The number of allylic oxidation sites excluding steroid dienone is 2. The highest BCUT2D eigenvalue weighted by Crippen LogP contribution is 2.19. The van der Waals surface area contributed by atoms with Gasteiger partial charge in [0.1, 0.15) is 11.3 Å². The van der Waals surface area contributed by atoms with E-state index in [9.17, 15) is 4.79 Å². The van der Waals surface area contributed by atoms with Gasteiger partial charge in [0.15, 0.2) is 0 Å². The van der Waals surface area contributed by atoms with Crippen molar-refractivity contribution < 1.29 is 9.15 Å². The number of alkyl halides is 1.